The molecule has 102 valence electrons. The summed E-state index contributed by atoms with van der Waals surface area (Å²) in [6.45, 7) is 0.586. The van der Waals surface area contributed by atoms with Crippen LogP contribution in [0.25, 0.3) is 0 Å². The number of ether oxygens (including phenoxy) is 1. The van der Waals surface area contributed by atoms with Crippen LogP contribution in [0.4, 0.5) is 5.69 Å². The topological polar surface area (TPSA) is 72.5 Å². The van der Waals surface area contributed by atoms with Crippen LogP contribution in [0.5, 0.6) is 5.75 Å². The van der Waals surface area contributed by atoms with Crippen molar-refractivity contribution in [1.82, 2.24) is 0 Å². The molecular weight excluding hydrogens is 254 g/mol. The number of nitrogens with two attached hydrogens (primary N) is 1. The molecule has 2 aromatic rings. The Morgan fingerprint density at radius 3 is 2.80 bits per heavy atom. The lowest BCUT2D eigenvalue weighted by atomic mass is 9.78. The van der Waals surface area contributed by atoms with Gasteiger partial charge in [-0.05, 0) is 29.7 Å². The SMILES string of the molecule is Nc1cc(OCC2Cc3ccccc32)ccc1C(=O)O. The highest BCUT2D eigenvalue weighted by molar-refractivity contribution is 5.93. The minimum absolute atomic E-state index is 0.103. The predicted octanol–water partition coefficient (Wildman–Crippen LogP) is 2.69. The number of fused-ring (bicyclic) bond motifs is 1. The Morgan fingerprint density at radius 2 is 2.10 bits per heavy atom. The van der Waals surface area contributed by atoms with Gasteiger partial charge in [0.15, 0.2) is 0 Å². The van der Waals surface area contributed by atoms with Gasteiger partial charge in [-0.3, -0.25) is 0 Å². The molecule has 1 atom stereocenters. The van der Waals surface area contributed by atoms with Gasteiger partial charge in [0.25, 0.3) is 0 Å². The summed E-state index contributed by atoms with van der Waals surface area (Å²) in [5.41, 5.74) is 8.73. The van der Waals surface area contributed by atoms with Crippen molar-refractivity contribution in [1.29, 1.82) is 0 Å². The lowest BCUT2D eigenvalue weighted by molar-refractivity contribution is 0.0698. The summed E-state index contributed by atoms with van der Waals surface area (Å²) >= 11 is 0. The van der Waals surface area contributed by atoms with Gasteiger partial charge in [0.2, 0.25) is 0 Å². The minimum atomic E-state index is -1.03. The number of carbonyl (C=O) groups is 1. The Labute approximate surface area is 116 Å². The van der Waals surface area contributed by atoms with Gasteiger partial charge in [-0.2, -0.15) is 0 Å². The fourth-order valence-corrected chi connectivity index (χ4v) is 2.53. The van der Waals surface area contributed by atoms with Crippen LogP contribution in [0.1, 0.15) is 27.4 Å². The van der Waals surface area contributed by atoms with E-state index in [0.717, 1.165) is 6.42 Å². The van der Waals surface area contributed by atoms with Gasteiger partial charge in [-0.25, -0.2) is 4.79 Å². The Kier molecular flexibility index (Phi) is 3.06. The molecule has 4 nitrogen and oxygen atoms in total. The third-order valence-electron chi connectivity index (χ3n) is 3.67. The fraction of sp³-hybridized carbons (Fsp3) is 0.188. The maximum atomic E-state index is 10.9. The van der Waals surface area contributed by atoms with Gasteiger partial charge >= 0.3 is 5.97 Å². The van der Waals surface area contributed by atoms with E-state index < -0.39 is 5.97 Å². The van der Waals surface area contributed by atoms with Crippen LogP contribution in [0.3, 0.4) is 0 Å². The summed E-state index contributed by atoms with van der Waals surface area (Å²) in [6.07, 6.45) is 1.03. The van der Waals surface area contributed by atoms with Gasteiger partial charge in [0.1, 0.15) is 5.75 Å². The summed E-state index contributed by atoms with van der Waals surface area (Å²) in [4.78, 5) is 10.9. The molecule has 0 spiro atoms. The number of carboxylic acids is 1. The Balaban J connectivity index is 1.66. The van der Waals surface area contributed by atoms with E-state index in [4.69, 9.17) is 15.6 Å². The van der Waals surface area contributed by atoms with Crippen LogP contribution in [-0.4, -0.2) is 17.7 Å². The number of benzene rings is 2. The molecule has 3 N–H and O–H groups in total. The number of anilines is 1. The normalized spacial score (nSPS) is 16.1. The number of hydrogen-bond acceptors (Lipinski definition) is 3. The summed E-state index contributed by atoms with van der Waals surface area (Å²) in [5, 5.41) is 8.91. The van der Waals surface area contributed by atoms with Crippen molar-refractivity contribution in [3.05, 3.63) is 59.2 Å². The number of hydrogen-bond donors (Lipinski definition) is 2. The van der Waals surface area contributed by atoms with Gasteiger partial charge in [0, 0.05) is 17.7 Å². The van der Waals surface area contributed by atoms with Crippen molar-refractivity contribution in [3.8, 4) is 5.75 Å². The molecule has 0 saturated carbocycles. The monoisotopic (exact) mass is 269 g/mol. The molecule has 0 aliphatic heterocycles. The molecule has 4 heteroatoms. The lowest BCUT2D eigenvalue weighted by Crippen LogP contribution is -2.23. The van der Waals surface area contributed by atoms with E-state index in [2.05, 4.69) is 12.1 Å². The standard InChI is InChI=1S/C16H15NO3/c17-15-8-12(5-6-14(15)16(18)19)20-9-11-7-10-3-1-2-4-13(10)11/h1-6,8,11H,7,9,17H2,(H,18,19). The zero-order chi connectivity index (χ0) is 14.1. The summed E-state index contributed by atoms with van der Waals surface area (Å²) in [5.74, 6) is -0.00886. The molecule has 3 rings (SSSR count). The molecule has 0 amide bonds. The second-order valence-electron chi connectivity index (χ2n) is 4.97. The maximum absolute atomic E-state index is 10.9. The molecule has 0 bridgehead atoms. The number of aromatic carboxylic acids is 1. The van der Waals surface area contributed by atoms with E-state index in [1.165, 1.54) is 17.2 Å². The molecule has 1 unspecified atom stereocenters. The molecule has 0 heterocycles. The predicted molar refractivity (Wildman–Crippen MR) is 76.2 cm³/mol. The highest BCUT2D eigenvalue weighted by Gasteiger charge is 2.25. The lowest BCUT2D eigenvalue weighted by Gasteiger charge is -2.29. The first-order valence-corrected chi connectivity index (χ1v) is 6.48. The van der Waals surface area contributed by atoms with Crippen LogP contribution in [0.2, 0.25) is 0 Å². The average molecular weight is 269 g/mol. The maximum Gasteiger partial charge on any atom is 0.337 e. The van der Waals surface area contributed by atoms with Crippen molar-refractivity contribution in [2.24, 2.45) is 0 Å². The Morgan fingerprint density at radius 1 is 1.30 bits per heavy atom. The van der Waals surface area contributed by atoms with Crippen molar-refractivity contribution in [2.75, 3.05) is 12.3 Å². The van der Waals surface area contributed by atoms with E-state index in [1.807, 2.05) is 12.1 Å². The zero-order valence-electron chi connectivity index (χ0n) is 10.9. The first-order valence-electron chi connectivity index (χ1n) is 6.48. The van der Waals surface area contributed by atoms with Crippen molar-refractivity contribution in [3.63, 3.8) is 0 Å². The van der Waals surface area contributed by atoms with E-state index in [0.29, 0.717) is 18.3 Å². The molecule has 20 heavy (non-hydrogen) atoms. The van der Waals surface area contributed by atoms with Crippen LogP contribution in [-0.2, 0) is 6.42 Å². The van der Waals surface area contributed by atoms with Crippen LogP contribution in [0.15, 0.2) is 42.5 Å². The number of nitrogen functional groups attached to an aromatic ring is 1. The van der Waals surface area contributed by atoms with E-state index in [9.17, 15) is 4.79 Å². The quantitative estimate of drug-likeness (QED) is 0.837. The Bertz CT molecular complexity index is 667. The van der Waals surface area contributed by atoms with Gasteiger partial charge in [0.05, 0.1) is 12.2 Å². The van der Waals surface area contributed by atoms with E-state index in [-0.39, 0.29) is 11.3 Å². The third-order valence-corrected chi connectivity index (χ3v) is 3.67. The zero-order valence-corrected chi connectivity index (χ0v) is 10.9. The summed E-state index contributed by atoms with van der Waals surface area (Å²) in [6, 6.07) is 13.0. The van der Waals surface area contributed by atoms with Crippen molar-refractivity contribution >= 4 is 11.7 Å². The second kappa shape index (κ2) is 4.89. The van der Waals surface area contributed by atoms with Crippen LogP contribution >= 0.6 is 0 Å². The first-order chi connectivity index (χ1) is 9.65. The molecule has 2 aromatic carbocycles. The minimum Gasteiger partial charge on any atom is -0.493 e. The second-order valence-corrected chi connectivity index (χ2v) is 4.97. The Hall–Kier alpha value is -2.49. The van der Waals surface area contributed by atoms with Crippen molar-refractivity contribution < 1.29 is 14.6 Å². The summed E-state index contributed by atoms with van der Waals surface area (Å²) < 4.78 is 5.71. The first kappa shape index (κ1) is 12.5. The number of rotatable bonds is 4. The van der Waals surface area contributed by atoms with Gasteiger partial charge in [-0.1, -0.05) is 24.3 Å². The summed E-state index contributed by atoms with van der Waals surface area (Å²) in [7, 11) is 0. The number of carboxylic acid groups (broad SMARTS) is 1. The van der Waals surface area contributed by atoms with E-state index >= 15 is 0 Å². The fourth-order valence-electron chi connectivity index (χ4n) is 2.53. The largest absolute Gasteiger partial charge is 0.493 e. The highest BCUT2D eigenvalue weighted by atomic mass is 16.5. The van der Waals surface area contributed by atoms with Crippen LogP contribution in [0, 0.1) is 0 Å². The molecular formula is C16H15NO3. The molecule has 1 aliphatic carbocycles. The third kappa shape index (κ3) is 2.20. The molecule has 0 saturated heterocycles. The highest BCUT2D eigenvalue weighted by Crippen LogP contribution is 2.35. The van der Waals surface area contributed by atoms with Crippen molar-refractivity contribution in [2.45, 2.75) is 12.3 Å². The van der Waals surface area contributed by atoms with Crippen LogP contribution < -0.4 is 10.5 Å². The van der Waals surface area contributed by atoms with E-state index in [1.54, 1.807) is 12.1 Å². The molecule has 1 aliphatic rings. The molecule has 0 fully saturated rings. The molecule has 0 aromatic heterocycles. The van der Waals surface area contributed by atoms with Gasteiger partial charge < -0.3 is 15.6 Å². The smallest absolute Gasteiger partial charge is 0.337 e. The molecule has 0 radical (unpaired) electrons. The van der Waals surface area contributed by atoms with Gasteiger partial charge in [-0.15, -0.1) is 0 Å². The average Bonchev–Trinajstić information content (AvgIpc) is 2.39.